The Kier molecular flexibility index (Phi) is 6.66. The minimum absolute atomic E-state index is 0.0753. The Morgan fingerprint density at radius 1 is 1.09 bits per heavy atom. The van der Waals surface area contributed by atoms with Crippen LogP contribution in [-0.2, 0) is 6.54 Å². The number of carbonyl (C=O) groups excluding carboxylic acids is 1. The molecule has 0 saturated carbocycles. The van der Waals surface area contributed by atoms with Crippen molar-refractivity contribution in [2.75, 3.05) is 19.7 Å². The van der Waals surface area contributed by atoms with Crippen LogP contribution in [0.4, 0.5) is 0 Å². The van der Waals surface area contributed by atoms with Crippen molar-refractivity contribution in [1.29, 1.82) is 0 Å². The standard InChI is InChI=1S/C28H30N4O3/c1-3-34-25-10-9-23(17-20(25)2)26-18-24(30-35-26)28(33)31-14-11-21(12-15-31)19-32-16-13-29-27(32)22-7-5-4-6-8-22/h4-10,13,16-18,21H,3,11-12,14-15,19H2,1-2H3. The largest absolute Gasteiger partial charge is 0.494 e. The van der Waals surface area contributed by atoms with Crippen LogP contribution < -0.4 is 4.74 Å². The van der Waals surface area contributed by atoms with Crippen molar-refractivity contribution >= 4 is 5.91 Å². The minimum atomic E-state index is -0.0753. The molecule has 35 heavy (non-hydrogen) atoms. The molecule has 0 unspecified atom stereocenters. The Labute approximate surface area is 205 Å². The van der Waals surface area contributed by atoms with Crippen molar-refractivity contribution in [2.45, 2.75) is 33.2 Å². The van der Waals surface area contributed by atoms with Gasteiger partial charge in [-0.2, -0.15) is 0 Å². The van der Waals surface area contributed by atoms with Crippen LogP contribution in [0, 0.1) is 12.8 Å². The highest BCUT2D eigenvalue weighted by molar-refractivity contribution is 5.93. The first-order valence-corrected chi connectivity index (χ1v) is 12.2. The molecule has 4 aromatic rings. The zero-order valence-corrected chi connectivity index (χ0v) is 20.2. The number of amides is 1. The maximum Gasteiger partial charge on any atom is 0.276 e. The van der Waals surface area contributed by atoms with Gasteiger partial charge in [-0.1, -0.05) is 35.5 Å². The number of ether oxygens (including phenoxy) is 1. The van der Waals surface area contributed by atoms with Crippen LogP contribution in [0.1, 0.15) is 35.8 Å². The first-order valence-electron chi connectivity index (χ1n) is 12.2. The summed E-state index contributed by atoms with van der Waals surface area (Å²) in [5, 5.41) is 4.07. The molecule has 1 saturated heterocycles. The summed E-state index contributed by atoms with van der Waals surface area (Å²) in [7, 11) is 0. The van der Waals surface area contributed by atoms with Crippen LogP contribution in [0.15, 0.2) is 71.5 Å². The van der Waals surface area contributed by atoms with Gasteiger partial charge < -0.3 is 18.7 Å². The maximum absolute atomic E-state index is 13.1. The Morgan fingerprint density at radius 2 is 1.89 bits per heavy atom. The summed E-state index contributed by atoms with van der Waals surface area (Å²) >= 11 is 0. The van der Waals surface area contributed by atoms with Gasteiger partial charge in [-0.15, -0.1) is 0 Å². The molecule has 7 heteroatoms. The first-order chi connectivity index (χ1) is 17.1. The molecule has 1 aliphatic rings. The summed E-state index contributed by atoms with van der Waals surface area (Å²) in [5.74, 6) is 2.84. The number of piperidine rings is 1. The highest BCUT2D eigenvalue weighted by atomic mass is 16.5. The molecule has 5 rings (SSSR count). The zero-order valence-electron chi connectivity index (χ0n) is 20.2. The number of hydrogen-bond acceptors (Lipinski definition) is 5. The highest BCUT2D eigenvalue weighted by Gasteiger charge is 2.26. The van der Waals surface area contributed by atoms with E-state index in [2.05, 4.69) is 26.8 Å². The van der Waals surface area contributed by atoms with E-state index < -0.39 is 0 Å². The SMILES string of the molecule is CCOc1ccc(-c2cc(C(=O)N3CCC(Cn4ccnc4-c4ccccc4)CC3)no2)cc1C. The topological polar surface area (TPSA) is 73.4 Å². The van der Waals surface area contributed by atoms with Crippen molar-refractivity contribution in [3.05, 3.63) is 78.2 Å². The fourth-order valence-electron chi connectivity index (χ4n) is 4.70. The number of aromatic nitrogens is 3. The Balaban J connectivity index is 1.20. The number of aryl methyl sites for hydroxylation is 1. The fraction of sp³-hybridized carbons (Fsp3) is 0.321. The Hall–Kier alpha value is -3.87. The molecule has 0 spiro atoms. The van der Waals surface area contributed by atoms with E-state index in [-0.39, 0.29) is 5.91 Å². The summed E-state index contributed by atoms with van der Waals surface area (Å²) in [6, 6.07) is 17.8. The minimum Gasteiger partial charge on any atom is -0.494 e. The van der Waals surface area contributed by atoms with E-state index in [1.807, 2.05) is 67.5 Å². The summed E-state index contributed by atoms with van der Waals surface area (Å²) in [5.41, 5.74) is 3.37. The second kappa shape index (κ2) is 10.2. The van der Waals surface area contributed by atoms with Gasteiger partial charge in [0, 0.05) is 49.2 Å². The third kappa shape index (κ3) is 4.99. The first kappa shape index (κ1) is 22.9. The molecule has 0 atom stereocenters. The number of likely N-dealkylation sites (tertiary alicyclic amines) is 1. The lowest BCUT2D eigenvalue weighted by Gasteiger charge is -2.31. The van der Waals surface area contributed by atoms with Crippen LogP contribution >= 0.6 is 0 Å². The van der Waals surface area contributed by atoms with E-state index >= 15 is 0 Å². The molecule has 7 nitrogen and oxygen atoms in total. The van der Waals surface area contributed by atoms with Crippen molar-refractivity contribution in [3.63, 3.8) is 0 Å². The number of hydrogen-bond donors (Lipinski definition) is 0. The molecule has 0 N–H and O–H groups in total. The van der Waals surface area contributed by atoms with Gasteiger partial charge >= 0.3 is 0 Å². The molecule has 180 valence electrons. The third-order valence-corrected chi connectivity index (χ3v) is 6.59. The highest BCUT2D eigenvalue weighted by Crippen LogP contribution is 2.28. The quantitative estimate of drug-likeness (QED) is 0.358. The number of carbonyl (C=O) groups is 1. The van der Waals surface area contributed by atoms with Gasteiger partial charge in [-0.05, 0) is 56.4 Å². The van der Waals surface area contributed by atoms with Crippen LogP contribution in [0.2, 0.25) is 0 Å². The molecule has 0 bridgehead atoms. The predicted octanol–water partition coefficient (Wildman–Crippen LogP) is 5.46. The van der Waals surface area contributed by atoms with E-state index in [1.54, 1.807) is 6.07 Å². The molecular formula is C28H30N4O3. The van der Waals surface area contributed by atoms with Gasteiger partial charge in [0.2, 0.25) is 0 Å². The van der Waals surface area contributed by atoms with Crippen molar-refractivity contribution in [1.82, 2.24) is 19.6 Å². The number of rotatable bonds is 7. The lowest BCUT2D eigenvalue weighted by atomic mass is 9.96. The molecule has 1 amide bonds. The number of nitrogens with zero attached hydrogens (tertiary/aromatic N) is 4. The van der Waals surface area contributed by atoms with Crippen molar-refractivity contribution in [3.8, 4) is 28.5 Å². The summed E-state index contributed by atoms with van der Waals surface area (Å²) in [4.78, 5) is 19.5. The van der Waals surface area contributed by atoms with E-state index in [0.29, 0.717) is 37.1 Å². The monoisotopic (exact) mass is 470 g/mol. The third-order valence-electron chi connectivity index (χ3n) is 6.59. The van der Waals surface area contributed by atoms with Gasteiger partial charge in [-0.25, -0.2) is 4.98 Å². The molecule has 1 fully saturated rings. The van der Waals surface area contributed by atoms with Gasteiger partial charge in [-0.3, -0.25) is 4.79 Å². The maximum atomic E-state index is 13.1. The smallest absolute Gasteiger partial charge is 0.276 e. The van der Waals surface area contributed by atoms with Crippen LogP contribution in [0.25, 0.3) is 22.7 Å². The zero-order chi connectivity index (χ0) is 24.2. The molecule has 2 aromatic carbocycles. The second-order valence-corrected chi connectivity index (χ2v) is 8.99. The average Bonchev–Trinajstić information content (AvgIpc) is 3.56. The predicted molar refractivity (Wildman–Crippen MR) is 134 cm³/mol. The molecule has 0 aliphatic carbocycles. The number of imidazole rings is 1. The van der Waals surface area contributed by atoms with Gasteiger partial charge in [0.25, 0.3) is 5.91 Å². The molecule has 3 heterocycles. The summed E-state index contributed by atoms with van der Waals surface area (Å²) in [6.07, 6.45) is 5.79. The fourth-order valence-corrected chi connectivity index (χ4v) is 4.70. The van der Waals surface area contributed by atoms with Crippen molar-refractivity contribution in [2.24, 2.45) is 5.92 Å². The molecule has 1 aliphatic heterocycles. The van der Waals surface area contributed by atoms with Crippen LogP contribution in [0.5, 0.6) is 5.75 Å². The average molecular weight is 471 g/mol. The van der Waals surface area contributed by atoms with Gasteiger partial charge in [0.1, 0.15) is 11.6 Å². The van der Waals surface area contributed by atoms with E-state index in [1.165, 1.54) is 0 Å². The molecule has 0 radical (unpaired) electrons. The van der Waals surface area contributed by atoms with Gasteiger partial charge in [0.15, 0.2) is 11.5 Å². The van der Waals surface area contributed by atoms with Crippen LogP contribution in [-0.4, -0.2) is 45.2 Å². The van der Waals surface area contributed by atoms with E-state index in [4.69, 9.17) is 9.26 Å². The van der Waals surface area contributed by atoms with Gasteiger partial charge in [0.05, 0.1) is 6.61 Å². The van der Waals surface area contributed by atoms with Crippen molar-refractivity contribution < 1.29 is 14.1 Å². The normalized spacial score (nSPS) is 14.3. The Morgan fingerprint density at radius 3 is 2.63 bits per heavy atom. The lowest BCUT2D eigenvalue weighted by molar-refractivity contribution is 0.0672. The Bertz CT molecular complexity index is 1290. The second-order valence-electron chi connectivity index (χ2n) is 8.99. The van der Waals surface area contributed by atoms with E-state index in [9.17, 15) is 4.79 Å². The summed E-state index contributed by atoms with van der Waals surface area (Å²) in [6.45, 7) is 6.90. The molecule has 2 aromatic heterocycles. The van der Waals surface area contributed by atoms with E-state index in [0.717, 1.165) is 47.7 Å². The number of benzene rings is 2. The molecular weight excluding hydrogens is 440 g/mol. The van der Waals surface area contributed by atoms with Crippen LogP contribution in [0.3, 0.4) is 0 Å². The lowest BCUT2D eigenvalue weighted by Crippen LogP contribution is -2.39. The summed E-state index contributed by atoms with van der Waals surface area (Å²) < 4.78 is 13.3.